The van der Waals surface area contributed by atoms with Gasteiger partial charge in [-0.1, -0.05) is 39.0 Å². The average molecular weight is 343 g/mol. The number of nitrogens with one attached hydrogen (secondary N) is 3. The highest BCUT2D eigenvalue weighted by Gasteiger charge is 2.21. The van der Waals surface area contributed by atoms with Crippen LogP contribution in [-0.2, 0) is 9.59 Å². The maximum Gasteiger partial charge on any atom is 0.243 e. The van der Waals surface area contributed by atoms with Gasteiger partial charge < -0.3 is 16.0 Å². The van der Waals surface area contributed by atoms with E-state index in [2.05, 4.69) is 16.0 Å². The fourth-order valence-electron chi connectivity index (χ4n) is 1.96. The van der Waals surface area contributed by atoms with E-state index in [1.54, 1.807) is 36.4 Å². The van der Waals surface area contributed by atoms with Crippen molar-refractivity contribution in [1.29, 1.82) is 0 Å². The Balaban J connectivity index is 1.93. The first kappa shape index (κ1) is 18.4. The van der Waals surface area contributed by atoms with Crippen LogP contribution < -0.4 is 16.0 Å². The van der Waals surface area contributed by atoms with Crippen molar-refractivity contribution in [2.75, 3.05) is 22.5 Å². The molecule has 0 aromatic heterocycles. The van der Waals surface area contributed by atoms with Crippen molar-refractivity contribution in [2.45, 2.75) is 20.8 Å². The number of carbonyl (C=O) groups is 2. The summed E-state index contributed by atoms with van der Waals surface area (Å²) in [6.45, 7) is 5.47. The third-order valence-electron chi connectivity index (χ3n) is 3.40. The second kappa shape index (κ2) is 7.79. The van der Waals surface area contributed by atoms with Gasteiger partial charge in [0.1, 0.15) is 5.82 Å². The van der Waals surface area contributed by atoms with Crippen molar-refractivity contribution in [3.63, 3.8) is 0 Å². The van der Waals surface area contributed by atoms with Gasteiger partial charge in [-0.2, -0.15) is 0 Å². The Morgan fingerprint density at radius 3 is 2.32 bits per heavy atom. The molecule has 3 N–H and O–H groups in total. The van der Waals surface area contributed by atoms with E-state index in [1.165, 1.54) is 12.1 Å². The molecule has 2 aromatic rings. The van der Waals surface area contributed by atoms with E-state index in [0.717, 1.165) is 0 Å². The van der Waals surface area contributed by atoms with Crippen LogP contribution in [0.4, 0.5) is 21.5 Å². The van der Waals surface area contributed by atoms with E-state index in [4.69, 9.17) is 0 Å². The zero-order valence-corrected chi connectivity index (χ0v) is 14.5. The fourth-order valence-corrected chi connectivity index (χ4v) is 1.96. The van der Waals surface area contributed by atoms with Crippen LogP contribution in [0.2, 0.25) is 0 Å². The molecule has 6 heteroatoms. The normalized spacial score (nSPS) is 10.9. The number of carbonyl (C=O) groups excluding carboxylic acids is 2. The number of benzene rings is 2. The Hall–Kier alpha value is -2.89. The number of rotatable bonds is 5. The Kier molecular flexibility index (Phi) is 5.75. The molecule has 0 aliphatic rings. The van der Waals surface area contributed by atoms with Gasteiger partial charge in [-0.15, -0.1) is 0 Å². The van der Waals surface area contributed by atoms with Gasteiger partial charge in [0, 0.05) is 16.8 Å². The van der Waals surface area contributed by atoms with E-state index in [1.807, 2.05) is 20.8 Å². The molecule has 5 nitrogen and oxygen atoms in total. The number of halogens is 1. The molecule has 0 bridgehead atoms. The average Bonchev–Trinajstić information content (AvgIpc) is 2.55. The van der Waals surface area contributed by atoms with E-state index in [9.17, 15) is 14.0 Å². The molecule has 0 aliphatic heterocycles. The summed E-state index contributed by atoms with van der Waals surface area (Å²) in [5.41, 5.74) is 0.957. The molecule has 0 saturated carbocycles. The summed E-state index contributed by atoms with van der Waals surface area (Å²) in [4.78, 5) is 23.9. The summed E-state index contributed by atoms with van der Waals surface area (Å²) in [5.74, 6) is -0.945. The summed E-state index contributed by atoms with van der Waals surface area (Å²) < 4.78 is 13.5. The van der Waals surface area contributed by atoms with Gasteiger partial charge in [0.25, 0.3) is 0 Å². The maximum atomic E-state index is 13.5. The smallest absolute Gasteiger partial charge is 0.243 e. The lowest BCUT2D eigenvalue weighted by Crippen LogP contribution is -2.27. The largest absolute Gasteiger partial charge is 0.376 e. The monoisotopic (exact) mass is 343 g/mol. The molecule has 0 saturated heterocycles. The van der Waals surface area contributed by atoms with Crippen LogP contribution in [-0.4, -0.2) is 18.4 Å². The highest BCUT2D eigenvalue weighted by Crippen LogP contribution is 2.20. The predicted molar refractivity (Wildman–Crippen MR) is 98.0 cm³/mol. The number of hydrogen-bond acceptors (Lipinski definition) is 3. The van der Waals surface area contributed by atoms with Gasteiger partial charge in [0.2, 0.25) is 11.8 Å². The summed E-state index contributed by atoms with van der Waals surface area (Å²) in [6.07, 6.45) is 0. The van der Waals surface area contributed by atoms with Crippen LogP contribution >= 0.6 is 0 Å². The number of amides is 2. The molecular formula is C19H22FN3O2. The van der Waals surface area contributed by atoms with Crippen LogP contribution in [0.3, 0.4) is 0 Å². The first-order valence-electron chi connectivity index (χ1n) is 7.95. The zero-order chi connectivity index (χ0) is 18.4. The molecule has 2 rings (SSSR count). The molecule has 0 fully saturated rings. The number of para-hydroxylation sites is 1. The molecule has 2 amide bonds. The third-order valence-corrected chi connectivity index (χ3v) is 3.40. The molecule has 0 atom stereocenters. The summed E-state index contributed by atoms with van der Waals surface area (Å²) >= 11 is 0. The lowest BCUT2D eigenvalue weighted by molar-refractivity contribution is -0.123. The standard InChI is InChI=1S/C19H22FN3O2/c1-19(2,3)18(25)22-14-8-6-7-13(11-14)21-12-17(24)23-16-10-5-4-9-15(16)20/h4-11,21H,12H2,1-3H3,(H,22,25)(H,23,24). The molecule has 132 valence electrons. The van der Waals surface area contributed by atoms with Crippen LogP contribution in [0.15, 0.2) is 48.5 Å². The summed E-state index contributed by atoms with van der Waals surface area (Å²) in [6, 6.07) is 13.0. The molecule has 0 spiro atoms. The fraction of sp³-hybridized carbons (Fsp3) is 0.263. The zero-order valence-electron chi connectivity index (χ0n) is 14.5. The van der Waals surface area contributed by atoms with Crippen LogP contribution in [0.1, 0.15) is 20.8 Å². The Bertz CT molecular complexity index is 769. The van der Waals surface area contributed by atoms with E-state index in [-0.39, 0.29) is 24.0 Å². The van der Waals surface area contributed by atoms with Crippen LogP contribution in [0, 0.1) is 11.2 Å². The van der Waals surface area contributed by atoms with E-state index >= 15 is 0 Å². The van der Waals surface area contributed by atoms with Crippen LogP contribution in [0.5, 0.6) is 0 Å². The predicted octanol–water partition coefficient (Wildman–Crippen LogP) is 3.86. The third kappa shape index (κ3) is 5.60. The Labute approximate surface area is 146 Å². The first-order chi connectivity index (χ1) is 11.8. The molecule has 0 unspecified atom stereocenters. The minimum Gasteiger partial charge on any atom is -0.376 e. The second-order valence-electron chi connectivity index (χ2n) is 6.67. The van der Waals surface area contributed by atoms with Gasteiger partial charge in [-0.25, -0.2) is 4.39 Å². The number of anilines is 3. The molecule has 0 aliphatic carbocycles. The van der Waals surface area contributed by atoms with Gasteiger partial charge in [0.15, 0.2) is 0 Å². The van der Waals surface area contributed by atoms with Crippen molar-refractivity contribution in [2.24, 2.45) is 5.41 Å². The van der Waals surface area contributed by atoms with Gasteiger partial charge in [0.05, 0.1) is 12.2 Å². The number of hydrogen-bond donors (Lipinski definition) is 3. The van der Waals surface area contributed by atoms with Gasteiger partial charge >= 0.3 is 0 Å². The minimum atomic E-state index is -0.497. The molecule has 0 heterocycles. The maximum absolute atomic E-state index is 13.5. The Morgan fingerprint density at radius 1 is 0.960 bits per heavy atom. The highest BCUT2D eigenvalue weighted by atomic mass is 19.1. The van der Waals surface area contributed by atoms with Crippen molar-refractivity contribution in [3.05, 3.63) is 54.3 Å². The minimum absolute atomic E-state index is 0.0228. The molecule has 25 heavy (non-hydrogen) atoms. The van der Waals surface area contributed by atoms with Gasteiger partial charge in [-0.05, 0) is 30.3 Å². The summed E-state index contributed by atoms with van der Waals surface area (Å²) in [7, 11) is 0. The topological polar surface area (TPSA) is 70.2 Å². The lowest BCUT2D eigenvalue weighted by atomic mass is 9.95. The summed E-state index contributed by atoms with van der Waals surface area (Å²) in [5, 5.41) is 8.28. The van der Waals surface area contributed by atoms with Crippen molar-refractivity contribution >= 4 is 28.9 Å². The van der Waals surface area contributed by atoms with Crippen molar-refractivity contribution < 1.29 is 14.0 Å². The Morgan fingerprint density at radius 2 is 1.64 bits per heavy atom. The molecule has 0 radical (unpaired) electrons. The van der Waals surface area contributed by atoms with Crippen molar-refractivity contribution in [3.8, 4) is 0 Å². The molecular weight excluding hydrogens is 321 g/mol. The quantitative estimate of drug-likeness (QED) is 0.772. The molecule has 2 aromatic carbocycles. The second-order valence-corrected chi connectivity index (χ2v) is 6.67. The van der Waals surface area contributed by atoms with Crippen LogP contribution in [0.25, 0.3) is 0 Å². The lowest BCUT2D eigenvalue weighted by Gasteiger charge is -2.18. The van der Waals surface area contributed by atoms with Gasteiger partial charge in [-0.3, -0.25) is 9.59 Å². The SMILES string of the molecule is CC(C)(C)C(=O)Nc1cccc(NCC(=O)Nc2ccccc2F)c1. The first-order valence-corrected chi connectivity index (χ1v) is 7.95. The van der Waals surface area contributed by atoms with E-state index in [0.29, 0.717) is 11.4 Å². The van der Waals surface area contributed by atoms with Crippen molar-refractivity contribution in [1.82, 2.24) is 0 Å². The van der Waals surface area contributed by atoms with E-state index < -0.39 is 11.2 Å². The highest BCUT2D eigenvalue weighted by molar-refractivity contribution is 5.95.